The van der Waals surface area contributed by atoms with Crippen molar-refractivity contribution in [3.63, 3.8) is 0 Å². The number of ether oxygens (including phenoxy) is 1. The minimum Gasteiger partial charge on any atom is -0.463 e. The monoisotopic (exact) mass is 294 g/mol. The molecule has 21 heavy (non-hydrogen) atoms. The Kier molecular flexibility index (Phi) is 5.42. The molecule has 2 heterocycles. The van der Waals surface area contributed by atoms with Crippen molar-refractivity contribution < 1.29 is 13.9 Å². The molecule has 0 aromatic carbocycles. The van der Waals surface area contributed by atoms with Gasteiger partial charge in [-0.25, -0.2) is 4.79 Å². The molecule has 2 rings (SSSR count). The van der Waals surface area contributed by atoms with Crippen molar-refractivity contribution in [2.24, 2.45) is 5.92 Å². The maximum absolute atomic E-state index is 11.4. The van der Waals surface area contributed by atoms with Crippen LogP contribution in [-0.4, -0.2) is 55.6 Å². The molecule has 0 aliphatic carbocycles. The van der Waals surface area contributed by atoms with Crippen LogP contribution >= 0.6 is 0 Å². The quantitative estimate of drug-likeness (QED) is 0.780. The SMILES string of the molecule is COC(=O)c1ccc(C(C)N2CCN(CC(C)C)CC2)o1. The summed E-state index contributed by atoms with van der Waals surface area (Å²) in [6, 6.07) is 3.74. The fourth-order valence-electron chi connectivity index (χ4n) is 2.82. The second-order valence-electron chi connectivity index (χ2n) is 6.10. The second-order valence-corrected chi connectivity index (χ2v) is 6.10. The zero-order valence-electron chi connectivity index (χ0n) is 13.5. The van der Waals surface area contributed by atoms with Crippen LogP contribution in [0.2, 0.25) is 0 Å². The van der Waals surface area contributed by atoms with Crippen molar-refractivity contribution >= 4 is 5.97 Å². The molecule has 0 N–H and O–H groups in total. The van der Waals surface area contributed by atoms with Gasteiger partial charge in [0.15, 0.2) is 0 Å². The van der Waals surface area contributed by atoms with E-state index in [-0.39, 0.29) is 11.8 Å². The van der Waals surface area contributed by atoms with Crippen LogP contribution in [0.3, 0.4) is 0 Å². The predicted molar refractivity (Wildman–Crippen MR) is 81.3 cm³/mol. The Morgan fingerprint density at radius 2 is 1.90 bits per heavy atom. The minimum atomic E-state index is -0.421. The van der Waals surface area contributed by atoms with Crippen molar-refractivity contribution in [3.8, 4) is 0 Å². The number of furan rings is 1. The number of nitrogens with zero attached hydrogens (tertiary/aromatic N) is 2. The second kappa shape index (κ2) is 7.09. The van der Waals surface area contributed by atoms with Gasteiger partial charge in [0.2, 0.25) is 5.76 Å². The largest absolute Gasteiger partial charge is 0.463 e. The first kappa shape index (κ1) is 16.0. The van der Waals surface area contributed by atoms with E-state index in [1.54, 1.807) is 6.07 Å². The number of rotatable bonds is 5. The third kappa shape index (κ3) is 4.08. The van der Waals surface area contributed by atoms with E-state index in [1.165, 1.54) is 7.11 Å². The highest BCUT2D eigenvalue weighted by Crippen LogP contribution is 2.24. The fraction of sp³-hybridized carbons (Fsp3) is 0.688. The molecule has 0 bridgehead atoms. The van der Waals surface area contributed by atoms with Crippen molar-refractivity contribution in [1.29, 1.82) is 0 Å². The van der Waals surface area contributed by atoms with Gasteiger partial charge in [-0.05, 0) is 25.0 Å². The van der Waals surface area contributed by atoms with Gasteiger partial charge < -0.3 is 14.1 Å². The van der Waals surface area contributed by atoms with Crippen molar-refractivity contribution in [2.75, 3.05) is 39.8 Å². The molecule has 0 saturated carbocycles. The van der Waals surface area contributed by atoms with Crippen molar-refractivity contribution in [3.05, 3.63) is 23.7 Å². The standard InChI is InChI=1S/C16H26N2O3/c1-12(2)11-17-7-9-18(10-8-17)13(3)14-5-6-15(21-14)16(19)20-4/h5-6,12-13H,7-11H2,1-4H3. The Morgan fingerprint density at radius 1 is 1.24 bits per heavy atom. The highest BCUT2D eigenvalue weighted by Gasteiger charge is 2.25. The van der Waals surface area contributed by atoms with Crippen LogP contribution in [0.4, 0.5) is 0 Å². The average Bonchev–Trinajstić information content (AvgIpc) is 2.95. The molecule has 0 spiro atoms. The van der Waals surface area contributed by atoms with Gasteiger partial charge in [0.1, 0.15) is 5.76 Å². The Labute approximate surface area is 126 Å². The van der Waals surface area contributed by atoms with Crippen LogP contribution in [0.25, 0.3) is 0 Å². The first-order valence-electron chi connectivity index (χ1n) is 7.65. The lowest BCUT2D eigenvalue weighted by Crippen LogP contribution is -2.47. The van der Waals surface area contributed by atoms with Crippen LogP contribution in [-0.2, 0) is 4.74 Å². The maximum atomic E-state index is 11.4. The van der Waals surface area contributed by atoms with E-state index in [4.69, 9.17) is 4.42 Å². The molecule has 1 fully saturated rings. The predicted octanol–water partition coefficient (Wildman–Crippen LogP) is 2.40. The molecule has 0 amide bonds. The number of esters is 1. The van der Waals surface area contributed by atoms with Crippen molar-refractivity contribution in [2.45, 2.75) is 26.8 Å². The first-order valence-corrected chi connectivity index (χ1v) is 7.65. The third-order valence-corrected chi connectivity index (χ3v) is 4.00. The number of piperazine rings is 1. The van der Waals surface area contributed by atoms with E-state index in [2.05, 4.69) is 35.3 Å². The summed E-state index contributed by atoms with van der Waals surface area (Å²) in [7, 11) is 1.36. The Bertz CT molecular complexity index is 462. The summed E-state index contributed by atoms with van der Waals surface area (Å²) >= 11 is 0. The van der Waals surface area contributed by atoms with Gasteiger partial charge in [0, 0.05) is 32.7 Å². The van der Waals surface area contributed by atoms with E-state index in [9.17, 15) is 4.79 Å². The van der Waals surface area contributed by atoms with Crippen LogP contribution in [0.15, 0.2) is 16.5 Å². The molecular formula is C16H26N2O3. The summed E-state index contributed by atoms with van der Waals surface area (Å²) in [6.45, 7) is 12.0. The van der Waals surface area contributed by atoms with Crippen LogP contribution in [0.5, 0.6) is 0 Å². The number of methoxy groups -OCH3 is 1. The molecule has 1 aromatic heterocycles. The lowest BCUT2D eigenvalue weighted by molar-refractivity contribution is 0.0551. The number of hydrogen-bond acceptors (Lipinski definition) is 5. The van der Waals surface area contributed by atoms with E-state index in [0.29, 0.717) is 5.92 Å². The molecule has 5 heteroatoms. The summed E-state index contributed by atoms with van der Waals surface area (Å²) in [4.78, 5) is 16.3. The molecule has 1 aliphatic rings. The molecule has 0 radical (unpaired) electrons. The van der Waals surface area contributed by atoms with Crippen LogP contribution in [0, 0.1) is 5.92 Å². The van der Waals surface area contributed by atoms with Gasteiger partial charge in [0.05, 0.1) is 13.2 Å². The molecule has 1 saturated heterocycles. The van der Waals surface area contributed by atoms with Gasteiger partial charge >= 0.3 is 5.97 Å². The Balaban J connectivity index is 1.91. The summed E-state index contributed by atoms with van der Waals surface area (Å²) in [5.74, 6) is 1.39. The van der Waals surface area contributed by atoms with E-state index in [1.807, 2.05) is 6.07 Å². The molecule has 118 valence electrons. The Morgan fingerprint density at radius 3 is 2.48 bits per heavy atom. The normalized spacial score (nSPS) is 18.9. The lowest BCUT2D eigenvalue weighted by Gasteiger charge is -2.38. The molecule has 1 aromatic rings. The first-order chi connectivity index (χ1) is 10.0. The number of carbonyl (C=O) groups excluding carboxylic acids is 1. The maximum Gasteiger partial charge on any atom is 0.373 e. The number of carbonyl (C=O) groups is 1. The summed E-state index contributed by atoms with van der Waals surface area (Å²) in [5.41, 5.74) is 0. The molecular weight excluding hydrogens is 268 g/mol. The summed E-state index contributed by atoms with van der Waals surface area (Å²) < 4.78 is 10.3. The zero-order chi connectivity index (χ0) is 15.4. The van der Waals surface area contributed by atoms with E-state index < -0.39 is 5.97 Å². The van der Waals surface area contributed by atoms with Gasteiger partial charge in [-0.2, -0.15) is 0 Å². The number of hydrogen-bond donors (Lipinski definition) is 0. The average molecular weight is 294 g/mol. The van der Waals surface area contributed by atoms with Gasteiger partial charge in [0.25, 0.3) is 0 Å². The lowest BCUT2D eigenvalue weighted by atomic mass is 10.1. The highest BCUT2D eigenvalue weighted by atomic mass is 16.5. The zero-order valence-corrected chi connectivity index (χ0v) is 13.5. The molecule has 5 nitrogen and oxygen atoms in total. The van der Waals surface area contributed by atoms with Crippen LogP contribution < -0.4 is 0 Å². The van der Waals surface area contributed by atoms with E-state index in [0.717, 1.165) is 38.5 Å². The van der Waals surface area contributed by atoms with Crippen molar-refractivity contribution in [1.82, 2.24) is 9.80 Å². The smallest absolute Gasteiger partial charge is 0.373 e. The minimum absolute atomic E-state index is 0.185. The topological polar surface area (TPSA) is 45.9 Å². The summed E-state index contributed by atoms with van der Waals surface area (Å²) in [6.07, 6.45) is 0. The fourth-order valence-corrected chi connectivity index (χ4v) is 2.82. The van der Waals surface area contributed by atoms with Gasteiger partial charge in [-0.3, -0.25) is 4.90 Å². The summed E-state index contributed by atoms with van der Waals surface area (Å²) in [5, 5.41) is 0. The van der Waals surface area contributed by atoms with Gasteiger partial charge in [-0.15, -0.1) is 0 Å². The molecule has 1 unspecified atom stereocenters. The van der Waals surface area contributed by atoms with Gasteiger partial charge in [-0.1, -0.05) is 13.8 Å². The highest BCUT2D eigenvalue weighted by molar-refractivity contribution is 5.86. The van der Waals surface area contributed by atoms with Crippen LogP contribution in [0.1, 0.15) is 43.1 Å². The molecule has 1 aliphatic heterocycles. The Hall–Kier alpha value is -1.33. The molecule has 1 atom stereocenters. The third-order valence-electron chi connectivity index (χ3n) is 4.00. The van der Waals surface area contributed by atoms with E-state index >= 15 is 0 Å².